The molecule has 2 aromatic rings. The molecule has 0 aromatic heterocycles. The van der Waals surface area contributed by atoms with Crippen LogP contribution < -0.4 is 9.86 Å². The Morgan fingerprint density at radius 2 is 1.17 bits per heavy atom. The predicted octanol–water partition coefficient (Wildman–Crippen LogP) is 3.42. The molecule has 6 nitrogen and oxygen atoms in total. The minimum Gasteiger partial charge on any atom is -0.275 e. The molecule has 30 heavy (non-hydrogen) atoms. The monoisotopic (exact) mass is 476 g/mol. The number of rotatable bonds is 4. The number of primary sulfonamides is 1. The number of nitrogens with two attached hydrogens (primary N) is 1. The summed E-state index contributed by atoms with van der Waals surface area (Å²) < 4.78 is 113. The van der Waals surface area contributed by atoms with Gasteiger partial charge >= 0.3 is 31.1 Å². The molecule has 0 fully saturated rings. The predicted molar refractivity (Wildman–Crippen MR) is 98.0 cm³/mol. The molecule has 0 bridgehead atoms. The van der Waals surface area contributed by atoms with Gasteiger partial charge in [0.1, 0.15) is 0 Å². The van der Waals surface area contributed by atoms with Crippen molar-refractivity contribution < 1.29 is 43.2 Å². The molecule has 0 amide bonds. The number of sulfonamides is 2. The fraction of sp³-hybridized carbons (Fsp3) is 0.125. The molecule has 2 aromatic carbocycles. The van der Waals surface area contributed by atoms with Gasteiger partial charge in [-0.15, -0.1) is 0 Å². The van der Waals surface area contributed by atoms with Crippen molar-refractivity contribution in [1.82, 2.24) is 4.72 Å². The number of alkyl halides is 6. The van der Waals surface area contributed by atoms with Crippen LogP contribution in [0.4, 0.5) is 26.3 Å². The highest BCUT2D eigenvalue weighted by Crippen LogP contribution is 2.25. The summed E-state index contributed by atoms with van der Waals surface area (Å²) in [6.07, 6.45) is 1.35. The lowest BCUT2D eigenvalue weighted by Gasteiger charge is -2.14. The molecule has 0 atom stereocenters. The third-order valence-corrected chi connectivity index (χ3v) is 4.81. The molecule has 0 saturated carbocycles. The van der Waals surface area contributed by atoms with Gasteiger partial charge < -0.3 is 0 Å². The third-order valence-electron chi connectivity index (χ3n) is 3.07. The SMILES string of the molecule is NS(=O)(=O)C(F)(F)F.O=S(=O)(N/C(=C/c1ccccc1)c1ccccc1)C(F)(F)F. The average molecular weight is 476 g/mol. The Labute approximate surface area is 168 Å². The van der Waals surface area contributed by atoms with E-state index < -0.39 is 31.1 Å². The van der Waals surface area contributed by atoms with Crippen molar-refractivity contribution in [2.75, 3.05) is 0 Å². The fourth-order valence-corrected chi connectivity index (χ4v) is 2.29. The Hall–Kier alpha value is -2.58. The van der Waals surface area contributed by atoms with Crippen molar-refractivity contribution in [2.45, 2.75) is 11.0 Å². The Morgan fingerprint density at radius 1 is 0.767 bits per heavy atom. The van der Waals surface area contributed by atoms with Gasteiger partial charge in [0.15, 0.2) is 0 Å². The first-order valence-corrected chi connectivity index (χ1v) is 10.6. The van der Waals surface area contributed by atoms with Crippen molar-refractivity contribution in [1.29, 1.82) is 0 Å². The van der Waals surface area contributed by atoms with E-state index in [4.69, 9.17) is 0 Å². The Balaban J connectivity index is 0.000000479. The maximum absolute atomic E-state index is 12.6. The molecule has 0 spiro atoms. The smallest absolute Gasteiger partial charge is 0.275 e. The molecule has 0 aliphatic heterocycles. The summed E-state index contributed by atoms with van der Waals surface area (Å²) in [6.45, 7) is 0. The lowest BCUT2D eigenvalue weighted by molar-refractivity contribution is -0.0446. The first-order valence-electron chi connectivity index (χ1n) is 7.55. The fourth-order valence-electron chi connectivity index (χ4n) is 1.71. The highest BCUT2D eigenvalue weighted by molar-refractivity contribution is 7.90. The molecule has 166 valence electrons. The van der Waals surface area contributed by atoms with E-state index in [-0.39, 0.29) is 5.70 Å². The number of nitrogens with one attached hydrogen (secondary N) is 1. The number of benzene rings is 2. The zero-order chi connectivity index (χ0) is 23.2. The lowest BCUT2D eigenvalue weighted by Crippen LogP contribution is -2.35. The average Bonchev–Trinajstić information content (AvgIpc) is 2.60. The summed E-state index contributed by atoms with van der Waals surface area (Å²) in [4.78, 5) is 0. The van der Waals surface area contributed by atoms with Crippen LogP contribution in [0.3, 0.4) is 0 Å². The van der Waals surface area contributed by atoms with E-state index in [2.05, 4.69) is 5.14 Å². The molecule has 0 aliphatic rings. The molecule has 0 radical (unpaired) electrons. The van der Waals surface area contributed by atoms with Gasteiger partial charge in [-0.05, 0) is 17.2 Å². The van der Waals surface area contributed by atoms with Gasteiger partial charge in [0.25, 0.3) is 0 Å². The van der Waals surface area contributed by atoms with Crippen LogP contribution in [0.25, 0.3) is 11.8 Å². The molecule has 0 heterocycles. The maximum atomic E-state index is 12.6. The van der Waals surface area contributed by atoms with Crippen LogP contribution in [0.1, 0.15) is 11.1 Å². The minimum absolute atomic E-state index is 0.149. The topological polar surface area (TPSA) is 106 Å². The first-order chi connectivity index (χ1) is 13.5. The standard InChI is InChI=1S/C15H12F3NO2S.CH2F3NO2S/c16-15(17,18)22(20,21)19-14(13-9-5-2-6-10-13)11-12-7-3-1-4-8-12;2-1(3,4)8(5,6)7/h1-11,19H;(H2,5,6,7)/b14-11+;. The summed E-state index contributed by atoms with van der Waals surface area (Å²) in [6, 6.07) is 16.4. The van der Waals surface area contributed by atoms with Crippen LogP contribution in [0.2, 0.25) is 0 Å². The van der Waals surface area contributed by atoms with Gasteiger partial charge in [-0.2, -0.15) is 34.8 Å². The van der Waals surface area contributed by atoms with Crippen LogP contribution >= 0.6 is 0 Å². The summed E-state index contributed by atoms with van der Waals surface area (Å²) >= 11 is 0. The number of halogens is 6. The second kappa shape index (κ2) is 9.49. The normalized spacial score (nSPS) is 13.2. The van der Waals surface area contributed by atoms with Gasteiger partial charge in [0.2, 0.25) is 0 Å². The van der Waals surface area contributed by atoms with E-state index in [1.165, 1.54) is 18.2 Å². The van der Waals surface area contributed by atoms with Crippen LogP contribution in [-0.2, 0) is 20.0 Å². The van der Waals surface area contributed by atoms with Crippen molar-refractivity contribution >= 4 is 31.8 Å². The quantitative estimate of drug-likeness (QED) is 0.521. The van der Waals surface area contributed by atoms with E-state index in [1.54, 1.807) is 53.3 Å². The van der Waals surface area contributed by atoms with E-state index >= 15 is 0 Å². The zero-order valence-corrected chi connectivity index (χ0v) is 16.3. The van der Waals surface area contributed by atoms with Crippen molar-refractivity contribution in [3.8, 4) is 0 Å². The Kier molecular flexibility index (Phi) is 8.05. The Morgan fingerprint density at radius 3 is 1.53 bits per heavy atom. The van der Waals surface area contributed by atoms with Crippen LogP contribution in [0, 0.1) is 0 Å². The Bertz CT molecular complexity index is 1070. The third kappa shape index (κ3) is 7.68. The summed E-state index contributed by atoms with van der Waals surface area (Å²) in [5.74, 6) is 0. The first kappa shape index (κ1) is 25.5. The van der Waals surface area contributed by atoms with Crippen molar-refractivity contribution in [3.63, 3.8) is 0 Å². The zero-order valence-electron chi connectivity index (χ0n) is 14.6. The minimum atomic E-state index is -5.48. The molecule has 3 N–H and O–H groups in total. The molecule has 2 rings (SSSR count). The van der Waals surface area contributed by atoms with Crippen LogP contribution in [0.5, 0.6) is 0 Å². The highest BCUT2D eigenvalue weighted by Gasteiger charge is 2.46. The molecule has 0 saturated heterocycles. The summed E-state index contributed by atoms with van der Waals surface area (Å²) in [5, 5.41) is 3.66. The second-order valence-electron chi connectivity index (χ2n) is 5.38. The largest absolute Gasteiger partial charge is 0.516 e. The molecule has 0 unspecified atom stereocenters. The van der Waals surface area contributed by atoms with Crippen LogP contribution in [-0.4, -0.2) is 27.9 Å². The van der Waals surface area contributed by atoms with Crippen LogP contribution in [0.15, 0.2) is 60.7 Å². The van der Waals surface area contributed by atoms with Gasteiger partial charge in [0.05, 0.1) is 5.70 Å². The summed E-state index contributed by atoms with van der Waals surface area (Å²) in [5.41, 5.74) is -9.93. The van der Waals surface area contributed by atoms with E-state index in [0.29, 0.717) is 11.1 Å². The van der Waals surface area contributed by atoms with Gasteiger partial charge in [-0.3, -0.25) is 4.72 Å². The van der Waals surface area contributed by atoms with E-state index in [1.807, 2.05) is 0 Å². The molecule has 14 heteroatoms. The lowest BCUT2D eigenvalue weighted by atomic mass is 10.1. The molecular formula is C16H14F6N2O4S2. The highest BCUT2D eigenvalue weighted by atomic mass is 32.2. The molecule has 0 aliphatic carbocycles. The number of hydrogen-bond donors (Lipinski definition) is 2. The van der Waals surface area contributed by atoms with E-state index in [9.17, 15) is 43.2 Å². The van der Waals surface area contributed by atoms with E-state index in [0.717, 1.165) is 0 Å². The second-order valence-corrected chi connectivity index (χ2v) is 8.60. The van der Waals surface area contributed by atoms with Gasteiger partial charge in [0, 0.05) is 0 Å². The van der Waals surface area contributed by atoms with Gasteiger partial charge in [-0.25, -0.2) is 13.6 Å². The number of hydrogen-bond acceptors (Lipinski definition) is 4. The molecular weight excluding hydrogens is 462 g/mol. The van der Waals surface area contributed by atoms with Crippen molar-refractivity contribution in [2.24, 2.45) is 5.14 Å². The maximum Gasteiger partial charge on any atom is 0.516 e. The summed E-state index contributed by atoms with van der Waals surface area (Å²) in [7, 11) is -10.8. The van der Waals surface area contributed by atoms with Gasteiger partial charge in [-0.1, -0.05) is 60.7 Å². The van der Waals surface area contributed by atoms with Crippen molar-refractivity contribution in [3.05, 3.63) is 71.8 Å².